The molecular formula is C27H29Cl2N3O5. The summed E-state index contributed by atoms with van der Waals surface area (Å²) in [6, 6.07) is 12.9. The predicted molar refractivity (Wildman–Crippen MR) is 139 cm³/mol. The van der Waals surface area contributed by atoms with Crippen molar-refractivity contribution in [1.82, 2.24) is 15.1 Å². The summed E-state index contributed by atoms with van der Waals surface area (Å²) in [4.78, 5) is 43.4. The van der Waals surface area contributed by atoms with Gasteiger partial charge in [-0.1, -0.05) is 41.4 Å². The fraction of sp³-hybridized carbons (Fsp3) is 0.444. The molecule has 3 heterocycles. The highest BCUT2D eigenvalue weighted by Gasteiger charge is 2.54. The molecule has 3 amide bonds. The van der Waals surface area contributed by atoms with E-state index < -0.39 is 11.8 Å². The number of nitrogens with zero attached hydrogens (tertiary/aromatic N) is 2. The van der Waals surface area contributed by atoms with Gasteiger partial charge in [0, 0.05) is 50.2 Å². The lowest BCUT2D eigenvalue weighted by molar-refractivity contribution is -0.128. The Hall–Kier alpha value is -2.65. The van der Waals surface area contributed by atoms with Crippen LogP contribution in [-0.4, -0.2) is 78.2 Å². The van der Waals surface area contributed by atoms with Crippen LogP contribution in [0.2, 0.25) is 10.0 Å². The molecule has 2 aromatic carbocycles. The van der Waals surface area contributed by atoms with Crippen molar-refractivity contribution in [3.05, 3.63) is 69.7 Å². The van der Waals surface area contributed by atoms with E-state index in [4.69, 9.17) is 32.7 Å². The highest BCUT2D eigenvalue weighted by Crippen LogP contribution is 2.39. The van der Waals surface area contributed by atoms with Crippen LogP contribution in [0.1, 0.15) is 46.4 Å². The molecule has 0 aliphatic carbocycles. The summed E-state index contributed by atoms with van der Waals surface area (Å²) in [6.45, 7) is 1.92. The van der Waals surface area contributed by atoms with Crippen LogP contribution in [0.15, 0.2) is 48.5 Å². The first kappa shape index (κ1) is 26.0. The number of carbonyl (C=O) groups is 3. The highest BCUT2D eigenvalue weighted by atomic mass is 35.5. The summed E-state index contributed by atoms with van der Waals surface area (Å²) in [5.41, 5.74) is -0.0485. The molecule has 0 bridgehead atoms. The van der Waals surface area contributed by atoms with Crippen LogP contribution in [-0.2, 0) is 14.3 Å². The van der Waals surface area contributed by atoms with E-state index >= 15 is 0 Å². The largest absolute Gasteiger partial charge is 0.376 e. The molecule has 3 saturated heterocycles. The SMILES string of the molecule is O=C(NCC1CCCO1)C1COC2(CCN(C(=O)c3ccc(Cl)c(Cl)c3)CC2)N1C(=O)c1ccccc1. The number of benzene rings is 2. The molecule has 3 aliphatic heterocycles. The van der Waals surface area contributed by atoms with E-state index in [0.717, 1.165) is 12.8 Å². The van der Waals surface area contributed by atoms with Gasteiger partial charge in [-0.25, -0.2) is 0 Å². The molecule has 2 atom stereocenters. The van der Waals surface area contributed by atoms with Crippen LogP contribution in [0.5, 0.6) is 0 Å². The van der Waals surface area contributed by atoms with E-state index in [1.807, 2.05) is 6.07 Å². The lowest BCUT2D eigenvalue weighted by Gasteiger charge is -2.44. The summed E-state index contributed by atoms with van der Waals surface area (Å²) >= 11 is 12.1. The fourth-order valence-corrected chi connectivity index (χ4v) is 5.59. The van der Waals surface area contributed by atoms with Gasteiger partial charge in [-0.15, -0.1) is 0 Å². The maximum absolute atomic E-state index is 13.7. The monoisotopic (exact) mass is 545 g/mol. The number of ether oxygens (including phenoxy) is 2. The maximum Gasteiger partial charge on any atom is 0.256 e. The number of likely N-dealkylation sites (tertiary alicyclic amines) is 1. The van der Waals surface area contributed by atoms with Gasteiger partial charge in [-0.2, -0.15) is 0 Å². The normalized spacial score (nSPS) is 22.9. The third-order valence-corrected chi connectivity index (χ3v) is 8.07. The van der Waals surface area contributed by atoms with Gasteiger partial charge >= 0.3 is 0 Å². The Morgan fingerprint density at radius 3 is 2.41 bits per heavy atom. The Balaban J connectivity index is 1.33. The molecule has 2 aromatic rings. The Bertz CT molecular complexity index is 1160. The molecule has 0 radical (unpaired) electrons. The van der Waals surface area contributed by atoms with Crippen LogP contribution in [0.25, 0.3) is 0 Å². The number of rotatable bonds is 5. The molecule has 1 N–H and O–H groups in total. The minimum Gasteiger partial charge on any atom is -0.376 e. The van der Waals surface area contributed by atoms with Crippen LogP contribution in [0.3, 0.4) is 0 Å². The number of amides is 3. The van der Waals surface area contributed by atoms with Crippen LogP contribution in [0.4, 0.5) is 0 Å². The maximum atomic E-state index is 13.7. The first-order valence-corrected chi connectivity index (χ1v) is 13.3. The van der Waals surface area contributed by atoms with Crippen molar-refractivity contribution in [2.45, 2.75) is 43.6 Å². The first-order chi connectivity index (χ1) is 17.9. The second-order valence-corrected chi connectivity index (χ2v) is 10.4. The van der Waals surface area contributed by atoms with Crippen molar-refractivity contribution in [2.75, 3.05) is 32.8 Å². The lowest BCUT2D eigenvalue weighted by atomic mass is 9.96. The molecule has 3 aliphatic rings. The molecule has 5 rings (SSSR count). The van der Waals surface area contributed by atoms with Crippen molar-refractivity contribution in [2.24, 2.45) is 0 Å². The molecule has 196 valence electrons. The molecule has 0 saturated carbocycles. The van der Waals surface area contributed by atoms with Gasteiger partial charge in [0.05, 0.1) is 22.8 Å². The van der Waals surface area contributed by atoms with Crippen LogP contribution >= 0.6 is 23.2 Å². The van der Waals surface area contributed by atoms with Gasteiger partial charge in [0.2, 0.25) is 5.91 Å². The standard InChI is InChI=1S/C27H29Cl2N3O5/c28-21-9-8-19(15-22(21)29)25(34)31-12-10-27(11-13-31)32(26(35)18-5-2-1-3-6-18)23(17-37-27)24(33)30-16-20-7-4-14-36-20/h1-3,5-6,8-9,15,20,23H,4,7,10-14,16-17H2,(H,30,33). The Kier molecular flexibility index (Phi) is 7.72. The van der Waals surface area contributed by atoms with Gasteiger partial charge in [0.1, 0.15) is 11.8 Å². The number of hydrogen-bond acceptors (Lipinski definition) is 5. The quantitative estimate of drug-likeness (QED) is 0.617. The van der Waals surface area contributed by atoms with Gasteiger partial charge in [0.15, 0.2) is 0 Å². The zero-order chi connectivity index (χ0) is 26.0. The molecule has 1 spiro atoms. The molecule has 3 fully saturated rings. The van der Waals surface area contributed by atoms with Gasteiger partial charge < -0.3 is 19.7 Å². The average Bonchev–Trinajstić information content (AvgIpc) is 3.57. The van der Waals surface area contributed by atoms with E-state index in [1.165, 1.54) is 0 Å². The molecule has 37 heavy (non-hydrogen) atoms. The number of halogens is 2. The number of piperidine rings is 1. The van der Waals surface area contributed by atoms with Crippen molar-refractivity contribution < 1.29 is 23.9 Å². The molecule has 8 nitrogen and oxygen atoms in total. The minimum absolute atomic E-state index is 0.00544. The predicted octanol–water partition coefficient (Wildman–Crippen LogP) is 3.76. The van der Waals surface area contributed by atoms with Gasteiger partial charge in [0.25, 0.3) is 11.8 Å². The van der Waals surface area contributed by atoms with Crippen LogP contribution < -0.4 is 5.32 Å². The van der Waals surface area contributed by atoms with E-state index in [0.29, 0.717) is 60.3 Å². The Labute approximate surface area is 225 Å². The topological polar surface area (TPSA) is 88.2 Å². The fourth-order valence-electron chi connectivity index (χ4n) is 5.30. The van der Waals surface area contributed by atoms with Gasteiger partial charge in [-0.05, 0) is 43.2 Å². The summed E-state index contributed by atoms with van der Waals surface area (Å²) in [7, 11) is 0. The number of hydrogen-bond donors (Lipinski definition) is 1. The third-order valence-electron chi connectivity index (χ3n) is 7.33. The summed E-state index contributed by atoms with van der Waals surface area (Å²) in [5.74, 6) is -0.691. The average molecular weight is 546 g/mol. The van der Waals surface area contributed by atoms with Gasteiger partial charge in [-0.3, -0.25) is 19.3 Å². The Morgan fingerprint density at radius 2 is 1.73 bits per heavy atom. The van der Waals surface area contributed by atoms with Crippen LogP contribution in [0, 0.1) is 0 Å². The zero-order valence-corrected chi connectivity index (χ0v) is 21.8. The van der Waals surface area contributed by atoms with Crippen molar-refractivity contribution >= 4 is 40.9 Å². The van der Waals surface area contributed by atoms with E-state index in [9.17, 15) is 14.4 Å². The molecule has 10 heteroatoms. The first-order valence-electron chi connectivity index (χ1n) is 12.5. The lowest BCUT2D eigenvalue weighted by Crippen LogP contribution is -2.60. The third kappa shape index (κ3) is 5.34. The smallest absolute Gasteiger partial charge is 0.256 e. The molecule has 0 aromatic heterocycles. The van der Waals surface area contributed by atoms with Crippen molar-refractivity contribution in [3.63, 3.8) is 0 Å². The molecule has 2 unspecified atom stereocenters. The minimum atomic E-state index is -0.979. The molecular weight excluding hydrogens is 517 g/mol. The summed E-state index contributed by atoms with van der Waals surface area (Å²) < 4.78 is 11.9. The number of carbonyl (C=O) groups excluding carboxylic acids is 3. The van der Waals surface area contributed by atoms with E-state index in [2.05, 4.69) is 5.32 Å². The second kappa shape index (κ2) is 11.0. The summed E-state index contributed by atoms with van der Waals surface area (Å²) in [6.07, 6.45) is 2.64. The van der Waals surface area contributed by atoms with E-state index in [1.54, 1.807) is 52.3 Å². The zero-order valence-electron chi connectivity index (χ0n) is 20.3. The summed E-state index contributed by atoms with van der Waals surface area (Å²) in [5, 5.41) is 3.66. The van der Waals surface area contributed by atoms with Crippen molar-refractivity contribution in [3.8, 4) is 0 Å². The number of nitrogens with one attached hydrogen (secondary N) is 1. The van der Waals surface area contributed by atoms with Crippen molar-refractivity contribution in [1.29, 1.82) is 0 Å². The van der Waals surface area contributed by atoms with E-state index in [-0.39, 0.29) is 30.4 Å². The highest BCUT2D eigenvalue weighted by molar-refractivity contribution is 6.42. The second-order valence-electron chi connectivity index (χ2n) is 9.62. The Morgan fingerprint density at radius 1 is 0.973 bits per heavy atom.